The molecule has 3 heterocycles. The number of carbonyl (C=O) groups excluding carboxylic acids is 2. The minimum atomic E-state index is -0.527. The summed E-state index contributed by atoms with van der Waals surface area (Å²) < 4.78 is 17.6. The molecule has 0 spiro atoms. The lowest BCUT2D eigenvalue weighted by Crippen LogP contribution is -2.47. The molecule has 3 aliphatic heterocycles. The molecule has 0 aromatic heterocycles. The molecule has 5 rings (SSSR count). The first-order valence-corrected chi connectivity index (χ1v) is 12.8. The van der Waals surface area contributed by atoms with Crippen molar-refractivity contribution in [3.63, 3.8) is 0 Å². The predicted octanol–water partition coefficient (Wildman–Crippen LogP) is 3.31. The molecule has 8 nitrogen and oxygen atoms in total. The summed E-state index contributed by atoms with van der Waals surface area (Å²) >= 11 is 0. The first kappa shape index (κ1) is 24.7. The number of aliphatic hydroxyl groups is 1. The highest BCUT2D eigenvalue weighted by atomic mass is 16.6. The number of anilines is 1. The Morgan fingerprint density at radius 2 is 1.89 bits per heavy atom. The molecule has 8 heteroatoms. The van der Waals surface area contributed by atoms with Crippen LogP contribution in [0.3, 0.4) is 0 Å². The number of benzene rings is 2. The maximum Gasteiger partial charge on any atom is 0.227 e. The van der Waals surface area contributed by atoms with E-state index in [2.05, 4.69) is 10.6 Å². The van der Waals surface area contributed by atoms with Crippen LogP contribution in [0.1, 0.15) is 55.7 Å². The Morgan fingerprint density at radius 1 is 1.11 bits per heavy atom. The average Bonchev–Trinajstić information content (AvgIpc) is 3.27. The summed E-state index contributed by atoms with van der Waals surface area (Å²) in [4.78, 5) is 25.5. The molecule has 0 bridgehead atoms. The fraction of sp³-hybridized carbons (Fsp3) is 0.500. The van der Waals surface area contributed by atoms with E-state index in [0.717, 1.165) is 35.4 Å². The fourth-order valence-corrected chi connectivity index (χ4v) is 5.50. The van der Waals surface area contributed by atoms with Crippen molar-refractivity contribution in [2.24, 2.45) is 5.92 Å². The first-order valence-electron chi connectivity index (χ1n) is 12.8. The topological polar surface area (TPSA) is 106 Å². The van der Waals surface area contributed by atoms with Gasteiger partial charge in [-0.3, -0.25) is 9.59 Å². The monoisotopic (exact) mass is 494 g/mol. The normalized spacial score (nSPS) is 26.3. The van der Waals surface area contributed by atoms with Crippen LogP contribution < -0.4 is 15.4 Å². The lowest BCUT2D eigenvalue weighted by molar-refractivity contribution is -0.142. The number of hydrogen-bond donors (Lipinski definition) is 3. The minimum Gasteiger partial charge on any atom is -0.487 e. The Labute approximate surface area is 211 Å². The van der Waals surface area contributed by atoms with Crippen molar-refractivity contribution in [3.8, 4) is 5.75 Å². The van der Waals surface area contributed by atoms with Crippen molar-refractivity contribution < 1.29 is 28.9 Å². The van der Waals surface area contributed by atoms with Gasteiger partial charge in [0.1, 0.15) is 18.0 Å². The fourth-order valence-electron chi connectivity index (χ4n) is 5.50. The maximum absolute atomic E-state index is 12.8. The van der Waals surface area contributed by atoms with Crippen LogP contribution in [0.15, 0.2) is 48.5 Å². The quantitative estimate of drug-likeness (QED) is 0.545. The van der Waals surface area contributed by atoms with E-state index < -0.39 is 6.10 Å². The van der Waals surface area contributed by atoms with Gasteiger partial charge in [0.15, 0.2) is 0 Å². The van der Waals surface area contributed by atoms with Gasteiger partial charge in [0, 0.05) is 36.3 Å². The maximum atomic E-state index is 12.8. The number of nitrogens with one attached hydrogen (secondary N) is 2. The van der Waals surface area contributed by atoms with Crippen LogP contribution in [0.25, 0.3) is 0 Å². The molecule has 5 atom stereocenters. The van der Waals surface area contributed by atoms with Gasteiger partial charge < -0.3 is 30.0 Å². The molecule has 0 radical (unpaired) electrons. The molecule has 2 fully saturated rings. The number of amides is 2. The Kier molecular flexibility index (Phi) is 7.55. The number of rotatable bonds is 7. The van der Waals surface area contributed by atoms with Crippen LogP contribution in [0.4, 0.5) is 5.69 Å². The molecule has 0 aliphatic carbocycles. The SMILES string of the molecule is C[C@@H](NC(=O)C[C@H]1C[C@@H]2c3cc(NC(=O)C4CCOCC4)ccc3O[C@@H]2[C@H](CO)O1)c1ccccc1. The van der Waals surface area contributed by atoms with Crippen molar-refractivity contribution >= 4 is 17.5 Å². The minimum absolute atomic E-state index is 0.0102. The van der Waals surface area contributed by atoms with E-state index in [1.165, 1.54) is 0 Å². The van der Waals surface area contributed by atoms with Crippen LogP contribution >= 0.6 is 0 Å². The molecule has 2 aromatic carbocycles. The molecule has 2 amide bonds. The summed E-state index contributed by atoms with van der Waals surface area (Å²) in [6.45, 7) is 2.99. The molecule has 0 saturated carbocycles. The van der Waals surface area contributed by atoms with Gasteiger partial charge in [0.05, 0.1) is 25.2 Å². The largest absolute Gasteiger partial charge is 0.487 e. The second-order valence-electron chi connectivity index (χ2n) is 9.94. The molecule has 2 saturated heterocycles. The third-order valence-electron chi connectivity index (χ3n) is 7.45. The van der Waals surface area contributed by atoms with E-state index in [1.807, 2.05) is 55.5 Å². The first-order chi connectivity index (χ1) is 17.5. The number of hydrogen-bond acceptors (Lipinski definition) is 6. The van der Waals surface area contributed by atoms with Crippen molar-refractivity contribution in [1.82, 2.24) is 5.32 Å². The highest BCUT2D eigenvalue weighted by Crippen LogP contribution is 2.47. The van der Waals surface area contributed by atoms with Crippen LogP contribution in [0.2, 0.25) is 0 Å². The number of fused-ring (bicyclic) bond motifs is 3. The zero-order valence-electron chi connectivity index (χ0n) is 20.5. The van der Waals surface area contributed by atoms with Gasteiger partial charge in [0.2, 0.25) is 11.8 Å². The van der Waals surface area contributed by atoms with E-state index >= 15 is 0 Å². The summed E-state index contributed by atoms with van der Waals surface area (Å²) in [6, 6.07) is 15.4. The van der Waals surface area contributed by atoms with Gasteiger partial charge in [0.25, 0.3) is 0 Å². The lowest BCUT2D eigenvalue weighted by Gasteiger charge is -2.37. The summed E-state index contributed by atoms with van der Waals surface area (Å²) in [7, 11) is 0. The van der Waals surface area contributed by atoms with Gasteiger partial charge in [-0.1, -0.05) is 30.3 Å². The summed E-state index contributed by atoms with van der Waals surface area (Å²) in [5, 5.41) is 16.1. The van der Waals surface area contributed by atoms with E-state index in [1.54, 1.807) is 0 Å². The molecule has 3 N–H and O–H groups in total. The average molecular weight is 495 g/mol. The Bertz CT molecular complexity index is 1070. The van der Waals surface area contributed by atoms with E-state index in [0.29, 0.717) is 19.6 Å². The van der Waals surface area contributed by atoms with Crippen molar-refractivity contribution in [3.05, 3.63) is 59.7 Å². The summed E-state index contributed by atoms with van der Waals surface area (Å²) in [5.41, 5.74) is 2.75. The molecule has 2 aromatic rings. The van der Waals surface area contributed by atoms with E-state index in [-0.39, 0.29) is 54.9 Å². The van der Waals surface area contributed by atoms with Crippen LogP contribution in [-0.2, 0) is 19.1 Å². The zero-order chi connectivity index (χ0) is 25.1. The smallest absolute Gasteiger partial charge is 0.227 e. The van der Waals surface area contributed by atoms with Gasteiger partial charge in [-0.25, -0.2) is 0 Å². The highest BCUT2D eigenvalue weighted by Gasteiger charge is 2.46. The standard InChI is InChI=1S/C28H34N2O6/c1-17(18-5-3-2-4-6-18)29-26(32)15-21-14-23-22-13-20(30-28(33)19-9-11-34-12-10-19)7-8-24(22)36-27(23)25(16-31)35-21/h2-8,13,17,19,21,23,25,27,31H,9-12,14-16H2,1H3,(H,29,32)(H,30,33)/t17-,21-,23-,25+,27+/m1/s1. The Balaban J connectivity index is 1.25. The molecular formula is C28H34N2O6. The third kappa shape index (κ3) is 5.40. The Hall–Kier alpha value is -2.94. The van der Waals surface area contributed by atoms with Crippen molar-refractivity contribution in [1.29, 1.82) is 0 Å². The zero-order valence-corrected chi connectivity index (χ0v) is 20.5. The van der Waals surface area contributed by atoms with Gasteiger partial charge in [-0.05, 0) is 49.9 Å². The summed E-state index contributed by atoms with van der Waals surface area (Å²) in [6.07, 6.45) is 1.06. The third-order valence-corrected chi connectivity index (χ3v) is 7.45. The number of carbonyl (C=O) groups is 2. The van der Waals surface area contributed by atoms with Crippen LogP contribution in [0.5, 0.6) is 5.75 Å². The predicted molar refractivity (Wildman–Crippen MR) is 134 cm³/mol. The van der Waals surface area contributed by atoms with Crippen molar-refractivity contribution in [2.45, 2.75) is 62.9 Å². The van der Waals surface area contributed by atoms with Crippen LogP contribution in [-0.4, -0.2) is 55.1 Å². The molecule has 3 aliphatic rings. The number of aliphatic hydroxyl groups excluding tert-OH is 1. The van der Waals surface area contributed by atoms with E-state index in [9.17, 15) is 14.7 Å². The Morgan fingerprint density at radius 3 is 2.64 bits per heavy atom. The number of ether oxygens (including phenoxy) is 3. The molecular weight excluding hydrogens is 460 g/mol. The summed E-state index contributed by atoms with van der Waals surface area (Å²) in [5.74, 6) is 0.576. The van der Waals surface area contributed by atoms with Gasteiger partial charge >= 0.3 is 0 Å². The molecule has 192 valence electrons. The highest BCUT2D eigenvalue weighted by molar-refractivity contribution is 5.92. The van der Waals surface area contributed by atoms with Crippen LogP contribution in [0, 0.1) is 5.92 Å². The second kappa shape index (κ2) is 11.0. The molecule has 0 unspecified atom stereocenters. The molecule has 36 heavy (non-hydrogen) atoms. The van der Waals surface area contributed by atoms with E-state index in [4.69, 9.17) is 14.2 Å². The van der Waals surface area contributed by atoms with Gasteiger partial charge in [-0.2, -0.15) is 0 Å². The lowest BCUT2D eigenvalue weighted by atomic mass is 9.84. The van der Waals surface area contributed by atoms with Crippen molar-refractivity contribution in [2.75, 3.05) is 25.1 Å². The van der Waals surface area contributed by atoms with Gasteiger partial charge in [-0.15, -0.1) is 0 Å². The second-order valence-corrected chi connectivity index (χ2v) is 9.94.